The molecule has 1 unspecified atom stereocenters. The van der Waals surface area contributed by atoms with Gasteiger partial charge < -0.3 is 9.84 Å². The molecule has 94 valence electrons. The van der Waals surface area contributed by atoms with E-state index < -0.39 is 6.10 Å². The number of aliphatic hydroxyl groups is 1. The van der Waals surface area contributed by atoms with Crippen molar-refractivity contribution in [2.24, 2.45) is 0 Å². The number of hydrogen-bond acceptors (Lipinski definition) is 3. The molecule has 0 saturated carbocycles. The van der Waals surface area contributed by atoms with Crippen LogP contribution in [0.5, 0.6) is 5.75 Å². The van der Waals surface area contributed by atoms with E-state index in [-0.39, 0.29) is 0 Å². The summed E-state index contributed by atoms with van der Waals surface area (Å²) in [5, 5.41) is 9.50. The van der Waals surface area contributed by atoms with Crippen molar-refractivity contribution < 1.29 is 9.84 Å². The molecule has 0 saturated heterocycles. The molecular formula is C15H17NO2. The average molecular weight is 243 g/mol. The summed E-state index contributed by atoms with van der Waals surface area (Å²) in [5.41, 5.74) is 2.97. The number of hydrogen-bond donors (Lipinski definition) is 1. The van der Waals surface area contributed by atoms with E-state index in [2.05, 4.69) is 4.98 Å². The molecule has 1 aromatic carbocycles. The summed E-state index contributed by atoms with van der Waals surface area (Å²) in [6.45, 7) is 4.23. The van der Waals surface area contributed by atoms with Crippen molar-refractivity contribution in [1.82, 2.24) is 4.98 Å². The van der Waals surface area contributed by atoms with Gasteiger partial charge in [0.2, 0.25) is 0 Å². The SMILES string of the molecule is Cc1cc(C(C)O)ccc1OCc1cccnc1. The molecule has 0 aliphatic carbocycles. The van der Waals surface area contributed by atoms with Gasteiger partial charge in [0, 0.05) is 18.0 Å². The topological polar surface area (TPSA) is 42.4 Å². The molecule has 3 nitrogen and oxygen atoms in total. The quantitative estimate of drug-likeness (QED) is 0.897. The largest absolute Gasteiger partial charge is 0.489 e. The van der Waals surface area contributed by atoms with Crippen molar-refractivity contribution in [2.75, 3.05) is 0 Å². The lowest BCUT2D eigenvalue weighted by Gasteiger charge is -2.11. The van der Waals surface area contributed by atoms with Crippen LogP contribution < -0.4 is 4.74 Å². The Kier molecular flexibility index (Phi) is 3.95. The summed E-state index contributed by atoms with van der Waals surface area (Å²) in [7, 11) is 0. The van der Waals surface area contributed by atoms with Gasteiger partial charge in [-0.1, -0.05) is 12.1 Å². The zero-order valence-electron chi connectivity index (χ0n) is 10.6. The first-order valence-electron chi connectivity index (χ1n) is 5.97. The lowest BCUT2D eigenvalue weighted by Crippen LogP contribution is -1.99. The summed E-state index contributed by atoms with van der Waals surface area (Å²) in [6.07, 6.45) is 3.09. The fraction of sp³-hybridized carbons (Fsp3) is 0.267. The van der Waals surface area contributed by atoms with Crippen molar-refractivity contribution in [3.63, 3.8) is 0 Å². The van der Waals surface area contributed by atoms with Crippen molar-refractivity contribution in [3.8, 4) is 5.75 Å². The van der Waals surface area contributed by atoms with E-state index >= 15 is 0 Å². The van der Waals surface area contributed by atoms with Crippen LogP contribution >= 0.6 is 0 Å². The molecule has 1 N–H and O–H groups in total. The Labute approximate surface area is 107 Å². The maximum absolute atomic E-state index is 9.50. The minimum Gasteiger partial charge on any atom is -0.489 e. The number of rotatable bonds is 4. The zero-order valence-corrected chi connectivity index (χ0v) is 10.6. The third-order valence-corrected chi connectivity index (χ3v) is 2.80. The second-order valence-electron chi connectivity index (χ2n) is 4.35. The normalized spacial score (nSPS) is 12.2. The first kappa shape index (κ1) is 12.6. The highest BCUT2D eigenvalue weighted by Crippen LogP contribution is 2.23. The highest BCUT2D eigenvalue weighted by atomic mass is 16.5. The van der Waals surface area contributed by atoms with Gasteiger partial charge in [-0.3, -0.25) is 4.98 Å². The molecule has 1 heterocycles. The Balaban J connectivity index is 2.06. The Hall–Kier alpha value is -1.87. The summed E-state index contributed by atoms with van der Waals surface area (Å²) in [4.78, 5) is 4.04. The minimum absolute atomic E-state index is 0.448. The van der Waals surface area contributed by atoms with E-state index in [0.29, 0.717) is 6.61 Å². The molecule has 1 atom stereocenters. The maximum atomic E-state index is 9.50. The van der Waals surface area contributed by atoms with E-state index in [4.69, 9.17) is 4.74 Å². The Bertz CT molecular complexity index is 509. The lowest BCUT2D eigenvalue weighted by atomic mass is 10.1. The fourth-order valence-corrected chi connectivity index (χ4v) is 1.74. The molecule has 18 heavy (non-hydrogen) atoms. The van der Waals surface area contributed by atoms with Crippen LogP contribution in [0.4, 0.5) is 0 Å². The number of ether oxygens (including phenoxy) is 1. The fourth-order valence-electron chi connectivity index (χ4n) is 1.74. The number of pyridine rings is 1. The van der Waals surface area contributed by atoms with Gasteiger partial charge >= 0.3 is 0 Å². The smallest absolute Gasteiger partial charge is 0.122 e. The highest BCUT2D eigenvalue weighted by Gasteiger charge is 2.05. The minimum atomic E-state index is -0.448. The van der Waals surface area contributed by atoms with Crippen LogP contribution in [0.15, 0.2) is 42.7 Å². The first-order valence-corrected chi connectivity index (χ1v) is 5.97. The number of aliphatic hydroxyl groups excluding tert-OH is 1. The summed E-state index contributed by atoms with van der Waals surface area (Å²) >= 11 is 0. The van der Waals surface area contributed by atoms with E-state index in [9.17, 15) is 5.11 Å². The van der Waals surface area contributed by atoms with Gasteiger partial charge in [-0.25, -0.2) is 0 Å². The van der Waals surface area contributed by atoms with E-state index in [0.717, 1.165) is 22.4 Å². The Morgan fingerprint density at radius 1 is 1.33 bits per heavy atom. The second kappa shape index (κ2) is 5.65. The van der Waals surface area contributed by atoms with Crippen molar-refractivity contribution >= 4 is 0 Å². The molecule has 2 rings (SSSR count). The molecule has 0 bridgehead atoms. The van der Waals surface area contributed by atoms with Crippen LogP contribution in [0.25, 0.3) is 0 Å². The molecule has 0 aliphatic heterocycles. The first-order chi connectivity index (χ1) is 8.66. The monoisotopic (exact) mass is 243 g/mol. The van der Waals surface area contributed by atoms with Gasteiger partial charge in [-0.15, -0.1) is 0 Å². The van der Waals surface area contributed by atoms with Crippen LogP contribution in [0.2, 0.25) is 0 Å². The predicted octanol–water partition coefficient (Wildman–Crippen LogP) is 3.02. The van der Waals surface area contributed by atoms with Gasteiger partial charge in [0.15, 0.2) is 0 Å². The van der Waals surface area contributed by atoms with Crippen LogP contribution in [-0.2, 0) is 6.61 Å². The molecule has 2 aromatic rings. The molecule has 0 amide bonds. The van der Waals surface area contributed by atoms with Gasteiger partial charge in [0.25, 0.3) is 0 Å². The van der Waals surface area contributed by atoms with Gasteiger partial charge in [-0.2, -0.15) is 0 Å². The van der Waals surface area contributed by atoms with E-state index in [1.54, 1.807) is 19.3 Å². The zero-order chi connectivity index (χ0) is 13.0. The van der Waals surface area contributed by atoms with Crippen LogP contribution in [0.3, 0.4) is 0 Å². The number of benzene rings is 1. The lowest BCUT2D eigenvalue weighted by molar-refractivity contribution is 0.199. The molecule has 1 aromatic heterocycles. The molecule has 3 heteroatoms. The molecular weight excluding hydrogens is 226 g/mol. The highest BCUT2D eigenvalue weighted by molar-refractivity contribution is 5.37. The second-order valence-corrected chi connectivity index (χ2v) is 4.35. The number of nitrogens with zero attached hydrogens (tertiary/aromatic N) is 1. The van der Waals surface area contributed by atoms with E-state index in [1.807, 2.05) is 37.3 Å². The molecule has 0 fully saturated rings. The Morgan fingerprint density at radius 2 is 2.17 bits per heavy atom. The Morgan fingerprint density at radius 3 is 2.78 bits per heavy atom. The number of aryl methyl sites for hydroxylation is 1. The van der Waals surface area contributed by atoms with Crippen molar-refractivity contribution in [3.05, 3.63) is 59.4 Å². The standard InChI is InChI=1S/C15H17NO2/c1-11-8-14(12(2)17)5-6-15(11)18-10-13-4-3-7-16-9-13/h3-9,12,17H,10H2,1-2H3. The third kappa shape index (κ3) is 3.08. The molecule has 0 aliphatic rings. The maximum Gasteiger partial charge on any atom is 0.122 e. The number of aromatic nitrogens is 1. The van der Waals surface area contributed by atoms with Gasteiger partial charge in [0.1, 0.15) is 12.4 Å². The molecule has 0 spiro atoms. The van der Waals surface area contributed by atoms with Gasteiger partial charge in [0.05, 0.1) is 6.10 Å². The summed E-state index contributed by atoms with van der Waals surface area (Å²) in [6, 6.07) is 9.60. The van der Waals surface area contributed by atoms with Crippen molar-refractivity contribution in [2.45, 2.75) is 26.6 Å². The van der Waals surface area contributed by atoms with E-state index in [1.165, 1.54) is 0 Å². The average Bonchev–Trinajstić information content (AvgIpc) is 2.38. The summed E-state index contributed by atoms with van der Waals surface area (Å²) in [5.74, 6) is 0.836. The van der Waals surface area contributed by atoms with Crippen LogP contribution in [-0.4, -0.2) is 10.1 Å². The summed E-state index contributed by atoms with van der Waals surface area (Å²) < 4.78 is 5.74. The van der Waals surface area contributed by atoms with Gasteiger partial charge in [-0.05, 0) is 43.2 Å². The third-order valence-electron chi connectivity index (χ3n) is 2.80. The van der Waals surface area contributed by atoms with Crippen molar-refractivity contribution in [1.29, 1.82) is 0 Å². The van der Waals surface area contributed by atoms with Crippen LogP contribution in [0, 0.1) is 6.92 Å². The molecule has 0 radical (unpaired) electrons. The predicted molar refractivity (Wildman–Crippen MR) is 70.4 cm³/mol. The van der Waals surface area contributed by atoms with Crippen LogP contribution in [0.1, 0.15) is 29.7 Å².